The number of hydrogen-bond acceptors (Lipinski definition) is 5. The van der Waals surface area contributed by atoms with Crippen LogP contribution in [0.1, 0.15) is 107 Å². The van der Waals surface area contributed by atoms with Crippen LogP contribution in [-0.4, -0.2) is 59.8 Å². The number of aliphatic hydroxyl groups excluding tert-OH is 1. The molecule has 5 aliphatic rings. The van der Waals surface area contributed by atoms with Gasteiger partial charge in [-0.05, 0) is 150 Å². The molecule has 1 N–H and O–H groups in total. The number of hydrogen-bond donors (Lipinski definition) is 1. The van der Waals surface area contributed by atoms with Crippen molar-refractivity contribution in [3.05, 3.63) is 53.2 Å². The summed E-state index contributed by atoms with van der Waals surface area (Å²) in [6.45, 7) is 9.68. The van der Waals surface area contributed by atoms with Crippen LogP contribution >= 0.6 is 0 Å². The van der Waals surface area contributed by atoms with E-state index in [1.807, 2.05) is 6.20 Å². The first kappa shape index (κ1) is 29.6. The van der Waals surface area contributed by atoms with Crippen molar-refractivity contribution in [3.63, 3.8) is 0 Å². The molecule has 1 aromatic carbocycles. The van der Waals surface area contributed by atoms with Crippen LogP contribution in [0.4, 0.5) is 5.82 Å². The van der Waals surface area contributed by atoms with Gasteiger partial charge in [-0.3, -0.25) is 9.69 Å². The van der Waals surface area contributed by atoms with Crippen LogP contribution in [0.25, 0.3) is 0 Å². The third kappa shape index (κ3) is 5.74. The Balaban J connectivity index is 1.24. The number of ether oxygens (including phenoxy) is 1. The molecule has 1 amide bonds. The highest BCUT2D eigenvalue weighted by molar-refractivity contribution is 5.94. The topological polar surface area (TPSA) is 65.9 Å². The molecule has 42 heavy (non-hydrogen) atoms. The zero-order valence-electron chi connectivity index (χ0n) is 26.3. The number of aryl methyl sites for hydroxylation is 1. The number of nitrogens with zero attached hydrogens (tertiary/aromatic N) is 3. The molecule has 1 unspecified atom stereocenters. The fraction of sp³-hybridized carbons (Fsp3) is 0.667. The molecule has 1 aliphatic heterocycles. The van der Waals surface area contributed by atoms with Gasteiger partial charge in [-0.25, -0.2) is 4.98 Å². The SMILES string of the molecule is COc1ccc(C23CCC(CN(C(=O)C4CCC(O)CC4)c4cc(C5CCN(C(C)C)C5)ccn4)(CC2)CC3)cc1C. The molecule has 2 aromatic rings. The third-order valence-electron chi connectivity index (χ3n) is 11.7. The summed E-state index contributed by atoms with van der Waals surface area (Å²) in [5.74, 6) is 2.50. The lowest BCUT2D eigenvalue weighted by molar-refractivity contribution is -0.124. The second kappa shape index (κ2) is 11.9. The summed E-state index contributed by atoms with van der Waals surface area (Å²) in [7, 11) is 1.75. The number of aliphatic hydroxyl groups is 1. The zero-order chi connectivity index (χ0) is 29.5. The van der Waals surface area contributed by atoms with Crippen molar-refractivity contribution in [2.24, 2.45) is 11.3 Å². The quantitative estimate of drug-likeness (QED) is 0.377. The molecule has 2 bridgehead atoms. The molecular formula is C36H51N3O3. The fourth-order valence-electron chi connectivity index (χ4n) is 8.66. The minimum atomic E-state index is -0.264. The van der Waals surface area contributed by atoms with E-state index in [1.54, 1.807) is 7.11 Å². The number of fused-ring (bicyclic) bond motifs is 3. The van der Waals surface area contributed by atoms with Crippen LogP contribution in [0.15, 0.2) is 36.5 Å². The number of methoxy groups -OCH3 is 1. The van der Waals surface area contributed by atoms with E-state index in [0.717, 1.165) is 82.6 Å². The fourth-order valence-corrected chi connectivity index (χ4v) is 8.66. The molecule has 6 nitrogen and oxygen atoms in total. The van der Waals surface area contributed by atoms with E-state index in [1.165, 1.54) is 36.0 Å². The third-order valence-corrected chi connectivity index (χ3v) is 11.7. The van der Waals surface area contributed by atoms with Crippen LogP contribution in [0.2, 0.25) is 0 Å². The van der Waals surface area contributed by atoms with Gasteiger partial charge >= 0.3 is 0 Å². The zero-order valence-corrected chi connectivity index (χ0v) is 26.3. The first-order valence-electron chi connectivity index (χ1n) is 16.6. The summed E-state index contributed by atoms with van der Waals surface area (Å²) in [4.78, 5) is 23.8. The summed E-state index contributed by atoms with van der Waals surface area (Å²) >= 11 is 0. The lowest BCUT2D eigenvalue weighted by atomic mass is 9.51. The average Bonchev–Trinajstić information content (AvgIpc) is 3.52. The van der Waals surface area contributed by atoms with E-state index in [2.05, 4.69) is 60.9 Å². The Morgan fingerprint density at radius 3 is 2.38 bits per heavy atom. The van der Waals surface area contributed by atoms with E-state index in [-0.39, 0.29) is 28.8 Å². The monoisotopic (exact) mass is 573 g/mol. The molecule has 4 saturated carbocycles. The summed E-state index contributed by atoms with van der Waals surface area (Å²) < 4.78 is 5.54. The minimum Gasteiger partial charge on any atom is -0.496 e. The van der Waals surface area contributed by atoms with Gasteiger partial charge in [0, 0.05) is 31.2 Å². The molecule has 4 aliphatic carbocycles. The maximum atomic E-state index is 14.3. The average molecular weight is 574 g/mol. The Bertz CT molecular complexity index is 1240. The van der Waals surface area contributed by atoms with E-state index in [9.17, 15) is 9.90 Å². The van der Waals surface area contributed by atoms with Gasteiger partial charge < -0.3 is 14.7 Å². The van der Waals surface area contributed by atoms with E-state index in [0.29, 0.717) is 12.0 Å². The maximum absolute atomic E-state index is 14.3. The number of rotatable bonds is 8. The van der Waals surface area contributed by atoms with Gasteiger partial charge in [-0.15, -0.1) is 0 Å². The van der Waals surface area contributed by atoms with Gasteiger partial charge in [0.25, 0.3) is 0 Å². The number of aromatic nitrogens is 1. The molecule has 6 heteroatoms. The second-order valence-electron chi connectivity index (χ2n) is 14.4. The van der Waals surface area contributed by atoms with Crippen molar-refractivity contribution >= 4 is 11.7 Å². The van der Waals surface area contributed by atoms with Gasteiger partial charge in [0.1, 0.15) is 11.6 Å². The largest absolute Gasteiger partial charge is 0.496 e. The van der Waals surface area contributed by atoms with Gasteiger partial charge in [-0.2, -0.15) is 0 Å². The van der Waals surface area contributed by atoms with Crippen LogP contribution in [0.3, 0.4) is 0 Å². The van der Waals surface area contributed by atoms with Crippen molar-refractivity contribution in [3.8, 4) is 5.75 Å². The van der Waals surface area contributed by atoms with Crippen molar-refractivity contribution in [2.45, 2.75) is 115 Å². The van der Waals surface area contributed by atoms with Gasteiger partial charge in [0.15, 0.2) is 0 Å². The Labute approximate surface area is 252 Å². The maximum Gasteiger partial charge on any atom is 0.231 e. The molecule has 5 fully saturated rings. The lowest BCUT2D eigenvalue weighted by Crippen LogP contribution is -2.52. The second-order valence-corrected chi connectivity index (χ2v) is 14.4. The molecule has 0 radical (unpaired) electrons. The van der Waals surface area contributed by atoms with Crippen molar-refractivity contribution < 1.29 is 14.6 Å². The Morgan fingerprint density at radius 2 is 1.76 bits per heavy atom. The molecule has 7 rings (SSSR count). The minimum absolute atomic E-state index is 0.0216. The predicted octanol–water partition coefficient (Wildman–Crippen LogP) is 6.77. The van der Waals surface area contributed by atoms with Crippen LogP contribution in [0.5, 0.6) is 5.75 Å². The van der Waals surface area contributed by atoms with E-state index >= 15 is 0 Å². The number of amides is 1. The Morgan fingerprint density at radius 1 is 1.05 bits per heavy atom. The Kier molecular flexibility index (Phi) is 8.41. The summed E-state index contributed by atoms with van der Waals surface area (Å²) in [6, 6.07) is 11.7. The number of anilines is 1. The number of carbonyl (C=O) groups is 1. The van der Waals surface area contributed by atoms with Gasteiger partial charge in [0.05, 0.1) is 13.2 Å². The van der Waals surface area contributed by atoms with Crippen molar-refractivity contribution in [2.75, 3.05) is 31.6 Å². The highest BCUT2D eigenvalue weighted by Gasteiger charge is 2.51. The van der Waals surface area contributed by atoms with Crippen LogP contribution in [-0.2, 0) is 10.2 Å². The van der Waals surface area contributed by atoms with Gasteiger partial charge in [0.2, 0.25) is 5.91 Å². The van der Waals surface area contributed by atoms with Crippen LogP contribution < -0.4 is 9.64 Å². The van der Waals surface area contributed by atoms with Crippen molar-refractivity contribution in [1.29, 1.82) is 0 Å². The normalized spacial score (nSPS) is 31.4. The van der Waals surface area contributed by atoms with E-state index < -0.39 is 0 Å². The van der Waals surface area contributed by atoms with Gasteiger partial charge in [-0.1, -0.05) is 12.1 Å². The van der Waals surface area contributed by atoms with E-state index in [4.69, 9.17) is 9.72 Å². The first-order chi connectivity index (χ1) is 20.2. The molecular weight excluding hydrogens is 522 g/mol. The summed E-state index contributed by atoms with van der Waals surface area (Å²) in [6.07, 6.45) is 12.8. The number of carbonyl (C=O) groups excluding carboxylic acids is 1. The highest BCUT2D eigenvalue weighted by atomic mass is 16.5. The van der Waals surface area contributed by atoms with Crippen LogP contribution in [0, 0.1) is 18.3 Å². The summed E-state index contributed by atoms with van der Waals surface area (Å²) in [5.41, 5.74) is 4.39. The first-order valence-corrected chi connectivity index (χ1v) is 16.6. The smallest absolute Gasteiger partial charge is 0.231 e. The molecule has 0 spiro atoms. The highest BCUT2D eigenvalue weighted by Crippen LogP contribution is 2.58. The molecule has 1 atom stereocenters. The Hall–Kier alpha value is -2.44. The number of benzene rings is 1. The molecule has 1 saturated heterocycles. The summed E-state index contributed by atoms with van der Waals surface area (Å²) in [5, 5.41) is 10.1. The molecule has 228 valence electrons. The number of pyridine rings is 1. The standard InChI is InChI=1S/C36H51N3O3/c1-25(2)38-20-12-29(23-38)28-11-19-37-33(22-28)39(34(41)27-5-8-31(40)9-6-27)24-35-13-16-36(17-14-35,18-15-35)30-7-10-32(42-4)26(3)21-30/h7,10-11,19,21-22,25,27,29,31,40H,5-6,8-9,12-18,20,23-24H2,1-4H3. The molecule has 1 aromatic heterocycles. The predicted molar refractivity (Wildman–Crippen MR) is 168 cm³/mol. The van der Waals surface area contributed by atoms with Crippen molar-refractivity contribution in [1.82, 2.24) is 9.88 Å². The molecule has 2 heterocycles. The number of likely N-dealkylation sites (tertiary alicyclic amines) is 1. The lowest BCUT2D eigenvalue weighted by Gasteiger charge is -2.55.